The number of aryl methyl sites for hydroxylation is 1. The lowest BCUT2D eigenvalue weighted by Crippen LogP contribution is -2.19. The third-order valence-corrected chi connectivity index (χ3v) is 3.74. The van der Waals surface area contributed by atoms with Crippen molar-refractivity contribution in [2.75, 3.05) is 6.61 Å². The summed E-state index contributed by atoms with van der Waals surface area (Å²) in [6.45, 7) is 2.59. The number of ether oxygens (including phenoxy) is 1. The third kappa shape index (κ3) is 2.49. The van der Waals surface area contributed by atoms with Crippen molar-refractivity contribution in [2.45, 2.75) is 25.9 Å². The van der Waals surface area contributed by atoms with Crippen LogP contribution < -0.4 is 0 Å². The Balaban J connectivity index is 1.83. The highest BCUT2D eigenvalue weighted by atomic mass is 16.5. The molecule has 3 rings (SSSR count). The van der Waals surface area contributed by atoms with Gasteiger partial charge in [-0.1, -0.05) is 30.3 Å². The fourth-order valence-corrected chi connectivity index (χ4v) is 2.69. The van der Waals surface area contributed by atoms with Crippen LogP contribution in [0.3, 0.4) is 0 Å². The van der Waals surface area contributed by atoms with Crippen LogP contribution in [0.15, 0.2) is 42.6 Å². The summed E-state index contributed by atoms with van der Waals surface area (Å²) >= 11 is 0. The first kappa shape index (κ1) is 13.0. The Hall–Kier alpha value is -2.00. The van der Waals surface area contributed by atoms with E-state index < -0.39 is 0 Å². The highest BCUT2D eigenvalue weighted by Crippen LogP contribution is 2.30. The van der Waals surface area contributed by atoms with Gasteiger partial charge in [0.05, 0.1) is 12.7 Å². The zero-order valence-corrected chi connectivity index (χ0v) is 11.5. The van der Waals surface area contributed by atoms with Crippen molar-refractivity contribution in [1.29, 1.82) is 0 Å². The van der Waals surface area contributed by atoms with E-state index in [1.165, 1.54) is 5.56 Å². The Kier molecular flexibility index (Phi) is 3.61. The molecule has 0 bridgehead atoms. The quantitative estimate of drug-likeness (QED) is 0.801. The molecule has 0 N–H and O–H groups in total. The second-order valence-corrected chi connectivity index (χ2v) is 5.10. The minimum absolute atomic E-state index is 0.0461. The van der Waals surface area contributed by atoms with Crippen molar-refractivity contribution in [1.82, 2.24) is 4.98 Å². The van der Waals surface area contributed by atoms with Gasteiger partial charge in [0, 0.05) is 12.6 Å². The lowest BCUT2D eigenvalue weighted by molar-refractivity contribution is 0.0350. The van der Waals surface area contributed by atoms with Gasteiger partial charge < -0.3 is 4.74 Å². The Morgan fingerprint density at radius 3 is 3.00 bits per heavy atom. The Labute approximate surface area is 118 Å². The summed E-state index contributed by atoms with van der Waals surface area (Å²) in [5.74, 6) is 0.0461. The first-order valence-electron chi connectivity index (χ1n) is 6.90. The fraction of sp³-hybridized carbons (Fsp3) is 0.294. The molecule has 0 fully saturated rings. The van der Waals surface area contributed by atoms with E-state index in [0.717, 1.165) is 17.5 Å². The van der Waals surface area contributed by atoms with Crippen molar-refractivity contribution >= 4 is 5.78 Å². The van der Waals surface area contributed by atoms with E-state index in [9.17, 15) is 4.79 Å². The van der Waals surface area contributed by atoms with Crippen LogP contribution in [-0.4, -0.2) is 17.4 Å². The van der Waals surface area contributed by atoms with Gasteiger partial charge >= 0.3 is 0 Å². The molecule has 102 valence electrons. The van der Waals surface area contributed by atoms with Crippen molar-refractivity contribution in [2.24, 2.45) is 0 Å². The average molecular weight is 267 g/mol. The predicted octanol–water partition coefficient (Wildman–Crippen LogP) is 3.28. The van der Waals surface area contributed by atoms with Gasteiger partial charge in [0.15, 0.2) is 5.78 Å². The van der Waals surface area contributed by atoms with Gasteiger partial charge in [-0.2, -0.15) is 0 Å². The minimum atomic E-state index is -0.145. The summed E-state index contributed by atoms with van der Waals surface area (Å²) < 4.78 is 5.79. The number of rotatable bonds is 3. The molecular weight excluding hydrogens is 250 g/mol. The van der Waals surface area contributed by atoms with E-state index in [1.54, 1.807) is 6.20 Å². The number of carbonyl (C=O) groups is 1. The molecule has 2 aromatic rings. The number of hydrogen-bond donors (Lipinski definition) is 0. The van der Waals surface area contributed by atoms with Gasteiger partial charge in [0.1, 0.15) is 5.69 Å². The maximum absolute atomic E-state index is 12.4. The zero-order valence-electron chi connectivity index (χ0n) is 11.5. The summed E-state index contributed by atoms with van der Waals surface area (Å²) in [7, 11) is 0. The molecule has 1 aliphatic heterocycles. The molecule has 3 heteroatoms. The van der Waals surface area contributed by atoms with Crippen LogP contribution in [0.4, 0.5) is 0 Å². The van der Waals surface area contributed by atoms with Crippen molar-refractivity contribution in [3.63, 3.8) is 0 Å². The van der Waals surface area contributed by atoms with E-state index in [2.05, 4.69) is 17.1 Å². The molecule has 0 amide bonds. The summed E-state index contributed by atoms with van der Waals surface area (Å²) in [5.41, 5.74) is 3.90. The number of aromatic nitrogens is 1. The van der Waals surface area contributed by atoms with E-state index >= 15 is 0 Å². The SMILES string of the molecule is Cc1cccnc1C(=O)CC1OCCc2ccccc21. The van der Waals surface area contributed by atoms with Gasteiger partial charge in [0.2, 0.25) is 0 Å². The first-order valence-corrected chi connectivity index (χ1v) is 6.90. The molecule has 3 nitrogen and oxygen atoms in total. The van der Waals surface area contributed by atoms with Crippen LogP contribution >= 0.6 is 0 Å². The number of fused-ring (bicyclic) bond motifs is 1. The van der Waals surface area contributed by atoms with Gasteiger partial charge in [-0.25, -0.2) is 0 Å². The van der Waals surface area contributed by atoms with E-state index in [0.29, 0.717) is 18.7 Å². The number of carbonyl (C=O) groups excluding carboxylic acids is 1. The average Bonchev–Trinajstić information content (AvgIpc) is 2.48. The Morgan fingerprint density at radius 1 is 1.30 bits per heavy atom. The molecule has 0 aliphatic carbocycles. The zero-order chi connectivity index (χ0) is 13.9. The third-order valence-electron chi connectivity index (χ3n) is 3.74. The number of benzene rings is 1. The smallest absolute Gasteiger partial charge is 0.184 e. The maximum atomic E-state index is 12.4. The van der Waals surface area contributed by atoms with Crippen LogP contribution in [-0.2, 0) is 11.2 Å². The summed E-state index contributed by atoms with van der Waals surface area (Å²) in [4.78, 5) is 16.6. The molecule has 1 aromatic carbocycles. The standard InChI is InChI=1S/C17H17NO2/c1-12-5-4-9-18-17(12)15(19)11-16-14-7-3-2-6-13(14)8-10-20-16/h2-7,9,16H,8,10-11H2,1H3. The highest BCUT2D eigenvalue weighted by molar-refractivity contribution is 5.95. The summed E-state index contributed by atoms with van der Waals surface area (Å²) in [6, 6.07) is 12.0. The van der Waals surface area contributed by atoms with Crippen molar-refractivity contribution in [3.05, 3.63) is 65.0 Å². The van der Waals surface area contributed by atoms with E-state index in [1.807, 2.05) is 31.2 Å². The number of ketones is 1. The van der Waals surface area contributed by atoms with Crippen molar-refractivity contribution in [3.8, 4) is 0 Å². The maximum Gasteiger partial charge on any atom is 0.184 e. The number of Topliss-reactive ketones (excluding diaryl/α,β-unsaturated/α-hetero) is 1. The molecule has 1 aromatic heterocycles. The molecule has 1 unspecified atom stereocenters. The molecule has 0 saturated heterocycles. The lowest BCUT2D eigenvalue weighted by Gasteiger charge is -2.25. The van der Waals surface area contributed by atoms with Crippen LogP contribution in [0.1, 0.15) is 39.7 Å². The van der Waals surface area contributed by atoms with Gasteiger partial charge in [-0.05, 0) is 36.1 Å². The first-order chi connectivity index (χ1) is 9.75. The highest BCUT2D eigenvalue weighted by Gasteiger charge is 2.24. The lowest BCUT2D eigenvalue weighted by atomic mass is 9.93. The topological polar surface area (TPSA) is 39.2 Å². The monoisotopic (exact) mass is 267 g/mol. The fourth-order valence-electron chi connectivity index (χ4n) is 2.69. The van der Waals surface area contributed by atoms with Gasteiger partial charge in [-0.15, -0.1) is 0 Å². The summed E-state index contributed by atoms with van der Waals surface area (Å²) in [6.07, 6.45) is 2.79. The molecule has 1 atom stereocenters. The minimum Gasteiger partial charge on any atom is -0.373 e. The normalized spacial score (nSPS) is 17.6. The second-order valence-electron chi connectivity index (χ2n) is 5.10. The molecule has 0 radical (unpaired) electrons. The number of nitrogens with zero attached hydrogens (tertiary/aromatic N) is 1. The van der Waals surface area contributed by atoms with E-state index in [4.69, 9.17) is 4.74 Å². The van der Waals surface area contributed by atoms with Gasteiger partial charge in [0.25, 0.3) is 0 Å². The van der Waals surface area contributed by atoms with Crippen LogP contribution in [0, 0.1) is 6.92 Å². The predicted molar refractivity (Wildman–Crippen MR) is 76.8 cm³/mol. The Bertz CT molecular complexity index is 636. The van der Waals surface area contributed by atoms with Gasteiger partial charge in [-0.3, -0.25) is 9.78 Å². The number of hydrogen-bond acceptors (Lipinski definition) is 3. The van der Waals surface area contributed by atoms with Crippen LogP contribution in [0.5, 0.6) is 0 Å². The largest absolute Gasteiger partial charge is 0.373 e. The van der Waals surface area contributed by atoms with Crippen LogP contribution in [0.2, 0.25) is 0 Å². The molecular formula is C17H17NO2. The Morgan fingerprint density at radius 2 is 2.15 bits per heavy atom. The number of pyridine rings is 1. The molecule has 2 heterocycles. The van der Waals surface area contributed by atoms with E-state index in [-0.39, 0.29) is 11.9 Å². The summed E-state index contributed by atoms with van der Waals surface area (Å²) in [5, 5.41) is 0. The molecule has 20 heavy (non-hydrogen) atoms. The van der Waals surface area contributed by atoms with Crippen LogP contribution in [0.25, 0.3) is 0 Å². The molecule has 0 spiro atoms. The van der Waals surface area contributed by atoms with Crippen molar-refractivity contribution < 1.29 is 9.53 Å². The molecule has 1 aliphatic rings. The second kappa shape index (κ2) is 5.55. The molecule has 0 saturated carbocycles.